The minimum absolute atomic E-state index is 0.271. The van der Waals surface area contributed by atoms with E-state index in [2.05, 4.69) is 0 Å². The van der Waals surface area contributed by atoms with Gasteiger partial charge in [-0.3, -0.25) is 4.79 Å². The summed E-state index contributed by atoms with van der Waals surface area (Å²) in [6, 6.07) is 6.32. The molecule has 3 rings (SSSR count). The second kappa shape index (κ2) is 3.24. The standard InChI is InChI=1S/C12H12ClNO/c13-10-2-1-8-6-12(15)14(11-3-4-11)7-9(8)5-10/h1-2,5,11H,3-4,6-7H2. The average molecular weight is 222 g/mol. The van der Waals surface area contributed by atoms with Gasteiger partial charge in [-0.1, -0.05) is 17.7 Å². The number of hydrogen-bond acceptors (Lipinski definition) is 1. The summed E-state index contributed by atoms with van der Waals surface area (Å²) in [7, 11) is 0. The predicted molar refractivity (Wildman–Crippen MR) is 58.7 cm³/mol. The van der Waals surface area contributed by atoms with Crippen molar-refractivity contribution in [2.75, 3.05) is 0 Å². The van der Waals surface area contributed by atoms with Gasteiger partial charge in [0.1, 0.15) is 0 Å². The molecule has 1 saturated carbocycles. The van der Waals surface area contributed by atoms with Crippen LogP contribution in [-0.4, -0.2) is 16.8 Å². The smallest absolute Gasteiger partial charge is 0.227 e. The predicted octanol–water partition coefficient (Wildman–Crippen LogP) is 2.39. The molecule has 1 aromatic carbocycles. The van der Waals surface area contributed by atoms with E-state index < -0.39 is 0 Å². The third-order valence-electron chi connectivity index (χ3n) is 3.16. The van der Waals surface area contributed by atoms with E-state index in [1.54, 1.807) is 0 Å². The first-order valence-electron chi connectivity index (χ1n) is 5.31. The van der Waals surface area contributed by atoms with Gasteiger partial charge in [0.05, 0.1) is 6.42 Å². The summed E-state index contributed by atoms with van der Waals surface area (Å²) in [6.07, 6.45) is 2.88. The van der Waals surface area contributed by atoms with Crippen LogP contribution in [0.2, 0.25) is 5.02 Å². The summed E-state index contributed by atoms with van der Waals surface area (Å²) < 4.78 is 0. The Kier molecular flexibility index (Phi) is 1.99. The number of hydrogen-bond donors (Lipinski definition) is 0. The van der Waals surface area contributed by atoms with Crippen LogP contribution in [0.3, 0.4) is 0 Å². The van der Waals surface area contributed by atoms with E-state index >= 15 is 0 Å². The quantitative estimate of drug-likeness (QED) is 0.713. The Morgan fingerprint density at radius 3 is 2.80 bits per heavy atom. The molecule has 0 bridgehead atoms. The summed E-state index contributed by atoms with van der Waals surface area (Å²) in [4.78, 5) is 13.8. The van der Waals surface area contributed by atoms with E-state index in [-0.39, 0.29) is 5.91 Å². The first kappa shape index (κ1) is 9.22. The fourth-order valence-electron chi connectivity index (χ4n) is 2.17. The SMILES string of the molecule is O=C1Cc2ccc(Cl)cc2CN1C1CC1. The Hall–Kier alpha value is -1.02. The highest BCUT2D eigenvalue weighted by Crippen LogP contribution is 2.32. The Labute approximate surface area is 93.8 Å². The first-order valence-corrected chi connectivity index (χ1v) is 5.68. The van der Waals surface area contributed by atoms with Crippen molar-refractivity contribution in [1.29, 1.82) is 0 Å². The number of carbonyl (C=O) groups excluding carboxylic acids is 1. The third kappa shape index (κ3) is 1.63. The number of carbonyl (C=O) groups is 1. The topological polar surface area (TPSA) is 20.3 Å². The Balaban J connectivity index is 1.95. The molecule has 1 aliphatic carbocycles. The van der Waals surface area contributed by atoms with Crippen LogP contribution >= 0.6 is 11.6 Å². The lowest BCUT2D eigenvalue weighted by Gasteiger charge is -2.28. The van der Waals surface area contributed by atoms with E-state index in [4.69, 9.17) is 11.6 Å². The molecule has 0 unspecified atom stereocenters. The van der Waals surface area contributed by atoms with Crippen LogP contribution in [0.25, 0.3) is 0 Å². The number of fused-ring (bicyclic) bond motifs is 1. The van der Waals surface area contributed by atoms with Gasteiger partial charge in [0.25, 0.3) is 0 Å². The maximum absolute atomic E-state index is 11.8. The molecule has 0 atom stereocenters. The van der Waals surface area contributed by atoms with Gasteiger partial charge in [0, 0.05) is 17.6 Å². The molecule has 1 amide bonds. The molecule has 1 heterocycles. The molecule has 2 nitrogen and oxygen atoms in total. The van der Waals surface area contributed by atoms with Gasteiger partial charge in [0.15, 0.2) is 0 Å². The van der Waals surface area contributed by atoms with Crippen LogP contribution in [0.1, 0.15) is 24.0 Å². The zero-order valence-corrected chi connectivity index (χ0v) is 9.13. The second-order valence-electron chi connectivity index (χ2n) is 4.34. The van der Waals surface area contributed by atoms with Crippen molar-refractivity contribution in [2.24, 2.45) is 0 Å². The second-order valence-corrected chi connectivity index (χ2v) is 4.78. The molecule has 15 heavy (non-hydrogen) atoms. The zero-order chi connectivity index (χ0) is 10.4. The highest BCUT2D eigenvalue weighted by atomic mass is 35.5. The minimum atomic E-state index is 0.271. The van der Waals surface area contributed by atoms with Gasteiger partial charge in [-0.15, -0.1) is 0 Å². The zero-order valence-electron chi connectivity index (χ0n) is 8.37. The molecule has 0 N–H and O–H groups in total. The van der Waals surface area contributed by atoms with Gasteiger partial charge in [0.2, 0.25) is 5.91 Å². The minimum Gasteiger partial charge on any atom is -0.335 e. The summed E-state index contributed by atoms with van der Waals surface area (Å²) in [6.45, 7) is 0.749. The van der Waals surface area contributed by atoms with Crippen molar-refractivity contribution in [2.45, 2.75) is 31.8 Å². The van der Waals surface area contributed by atoms with E-state index in [0.29, 0.717) is 12.5 Å². The monoisotopic (exact) mass is 221 g/mol. The molecule has 3 heteroatoms. The molecule has 1 fully saturated rings. The lowest BCUT2D eigenvalue weighted by Crippen LogP contribution is -2.37. The number of nitrogens with zero attached hydrogens (tertiary/aromatic N) is 1. The van der Waals surface area contributed by atoms with Crippen molar-refractivity contribution in [3.8, 4) is 0 Å². The molecule has 78 valence electrons. The molecule has 1 aromatic rings. The van der Waals surface area contributed by atoms with Gasteiger partial charge in [-0.05, 0) is 36.1 Å². The van der Waals surface area contributed by atoms with Crippen LogP contribution in [-0.2, 0) is 17.8 Å². The van der Waals surface area contributed by atoms with Gasteiger partial charge < -0.3 is 4.90 Å². The maximum atomic E-state index is 11.8. The molecule has 0 saturated heterocycles. The highest BCUT2D eigenvalue weighted by molar-refractivity contribution is 6.30. The van der Waals surface area contributed by atoms with Crippen molar-refractivity contribution in [3.63, 3.8) is 0 Å². The Morgan fingerprint density at radius 1 is 1.27 bits per heavy atom. The average Bonchev–Trinajstić information content (AvgIpc) is 3.01. The van der Waals surface area contributed by atoms with Crippen LogP contribution < -0.4 is 0 Å². The van der Waals surface area contributed by atoms with Crippen molar-refractivity contribution >= 4 is 17.5 Å². The molecule has 0 spiro atoms. The third-order valence-corrected chi connectivity index (χ3v) is 3.39. The lowest BCUT2D eigenvalue weighted by molar-refractivity contribution is -0.132. The van der Waals surface area contributed by atoms with Crippen molar-refractivity contribution in [3.05, 3.63) is 34.3 Å². The van der Waals surface area contributed by atoms with Crippen LogP contribution in [0.15, 0.2) is 18.2 Å². The van der Waals surface area contributed by atoms with Gasteiger partial charge >= 0.3 is 0 Å². The maximum Gasteiger partial charge on any atom is 0.227 e. The molecule has 1 aliphatic heterocycles. The van der Waals surface area contributed by atoms with Crippen LogP contribution in [0.5, 0.6) is 0 Å². The van der Waals surface area contributed by atoms with Gasteiger partial charge in [-0.2, -0.15) is 0 Å². The van der Waals surface area contributed by atoms with Crippen molar-refractivity contribution < 1.29 is 4.79 Å². The van der Waals surface area contributed by atoms with Crippen molar-refractivity contribution in [1.82, 2.24) is 4.90 Å². The molecule has 0 aromatic heterocycles. The summed E-state index contributed by atoms with van der Waals surface area (Å²) in [5.74, 6) is 0.271. The largest absolute Gasteiger partial charge is 0.335 e. The summed E-state index contributed by atoms with van der Waals surface area (Å²) in [5.41, 5.74) is 2.36. The van der Waals surface area contributed by atoms with E-state index in [1.165, 1.54) is 18.4 Å². The fraction of sp³-hybridized carbons (Fsp3) is 0.417. The lowest BCUT2D eigenvalue weighted by atomic mass is 9.99. The molecular formula is C12H12ClNO. The van der Waals surface area contributed by atoms with Gasteiger partial charge in [-0.25, -0.2) is 0 Å². The summed E-state index contributed by atoms with van der Waals surface area (Å²) in [5, 5.41) is 0.763. The number of halogens is 1. The van der Waals surface area contributed by atoms with E-state index in [1.807, 2.05) is 23.1 Å². The van der Waals surface area contributed by atoms with E-state index in [0.717, 1.165) is 17.1 Å². The Bertz CT molecular complexity index is 426. The number of amides is 1. The van der Waals surface area contributed by atoms with E-state index in [9.17, 15) is 4.79 Å². The first-order chi connectivity index (χ1) is 7.24. The normalized spacial score (nSPS) is 20.3. The molecule has 0 radical (unpaired) electrons. The molecule has 2 aliphatic rings. The summed E-state index contributed by atoms with van der Waals surface area (Å²) >= 11 is 5.95. The fourth-order valence-corrected chi connectivity index (χ4v) is 2.36. The Morgan fingerprint density at radius 2 is 2.07 bits per heavy atom. The number of rotatable bonds is 1. The number of benzene rings is 1. The van der Waals surface area contributed by atoms with Crippen LogP contribution in [0, 0.1) is 0 Å². The van der Waals surface area contributed by atoms with Crippen LogP contribution in [0.4, 0.5) is 0 Å². The molecular weight excluding hydrogens is 210 g/mol. The highest BCUT2D eigenvalue weighted by Gasteiger charge is 2.35.